The lowest BCUT2D eigenvalue weighted by Crippen LogP contribution is -2.38. The number of nitrogens with zero attached hydrogens (tertiary/aromatic N) is 3. The number of anilines is 1. The van der Waals surface area contributed by atoms with Crippen LogP contribution in [0.1, 0.15) is 21.5 Å². The Hall–Kier alpha value is -3.82. The Morgan fingerprint density at radius 1 is 1.18 bits per heavy atom. The zero-order valence-corrected chi connectivity index (χ0v) is 18.4. The quantitative estimate of drug-likeness (QED) is 0.383. The molecule has 1 aliphatic heterocycles. The molecule has 2 aromatic carbocycles. The van der Waals surface area contributed by atoms with Crippen molar-refractivity contribution < 1.29 is 14.6 Å². The molecular weight excluding hydrogens is 422 g/mol. The highest BCUT2D eigenvalue weighted by molar-refractivity contribution is 5.92. The molecule has 0 aliphatic carbocycles. The fraction of sp³-hybridized carbons (Fsp3) is 0.250. The van der Waals surface area contributed by atoms with Crippen molar-refractivity contribution in [1.29, 1.82) is 0 Å². The number of aryl methyl sites for hydroxylation is 1. The van der Waals surface area contributed by atoms with Crippen LogP contribution in [0, 0.1) is 0 Å². The molecule has 9 heteroatoms. The molecule has 1 aliphatic rings. The van der Waals surface area contributed by atoms with Crippen LogP contribution in [0.3, 0.4) is 0 Å². The number of carboxylic acid groups (broad SMARTS) is 1. The van der Waals surface area contributed by atoms with Crippen LogP contribution < -0.4 is 21.9 Å². The summed E-state index contributed by atoms with van der Waals surface area (Å²) in [7, 11) is 1.92. The summed E-state index contributed by atoms with van der Waals surface area (Å²) in [5, 5.41) is 11.2. The van der Waals surface area contributed by atoms with Crippen molar-refractivity contribution >= 4 is 28.4 Å². The third kappa shape index (κ3) is 4.69. The second-order valence-corrected chi connectivity index (χ2v) is 7.99. The van der Waals surface area contributed by atoms with Crippen LogP contribution in [0.25, 0.3) is 16.6 Å². The van der Waals surface area contributed by atoms with Gasteiger partial charge >= 0.3 is 5.97 Å². The van der Waals surface area contributed by atoms with Crippen LogP contribution in [-0.2, 0) is 18.3 Å². The molecule has 9 nitrogen and oxygen atoms in total. The Balaban J connectivity index is 1.70. The number of pyridine rings is 1. The molecule has 0 atom stereocenters. The normalized spacial score (nSPS) is 14.5. The van der Waals surface area contributed by atoms with Gasteiger partial charge in [-0.25, -0.2) is 10.6 Å². The van der Waals surface area contributed by atoms with Crippen molar-refractivity contribution in [2.45, 2.75) is 6.54 Å². The third-order valence-electron chi connectivity index (χ3n) is 5.73. The smallest absolute Gasteiger partial charge is 0.335 e. The Labute approximate surface area is 191 Å². The van der Waals surface area contributed by atoms with E-state index < -0.39 is 5.97 Å². The molecule has 33 heavy (non-hydrogen) atoms. The van der Waals surface area contributed by atoms with E-state index in [4.69, 9.17) is 16.3 Å². The molecule has 0 radical (unpaired) electrons. The molecule has 0 spiro atoms. The van der Waals surface area contributed by atoms with E-state index in [-0.39, 0.29) is 17.5 Å². The van der Waals surface area contributed by atoms with Crippen molar-refractivity contribution in [3.8, 4) is 0 Å². The highest BCUT2D eigenvalue weighted by atomic mass is 16.5. The number of benzene rings is 2. The van der Waals surface area contributed by atoms with Crippen molar-refractivity contribution in [3.63, 3.8) is 0 Å². The molecule has 1 fully saturated rings. The molecule has 0 bridgehead atoms. The van der Waals surface area contributed by atoms with E-state index in [1.165, 1.54) is 11.1 Å². The summed E-state index contributed by atoms with van der Waals surface area (Å²) in [5.74, 6) is 5.98. The van der Waals surface area contributed by atoms with Gasteiger partial charge in [-0.2, -0.15) is 0 Å². The van der Waals surface area contributed by atoms with Gasteiger partial charge in [-0.3, -0.25) is 4.79 Å². The van der Waals surface area contributed by atoms with Crippen molar-refractivity contribution in [1.82, 2.24) is 9.58 Å². The van der Waals surface area contributed by atoms with Gasteiger partial charge in [0.15, 0.2) is 5.43 Å². The zero-order chi connectivity index (χ0) is 23.5. The fourth-order valence-corrected chi connectivity index (χ4v) is 4.15. The summed E-state index contributed by atoms with van der Waals surface area (Å²) >= 11 is 0. The Kier molecular flexibility index (Phi) is 6.34. The molecule has 0 amide bonds. The number of hydrazine groups is 1. The number of para-hydroxylation sites is 1. The first-order valence-electron chi connectivity index (χ1n) is 10.6. The summed E-state index contributed by atoms with van der Waals surface area (Å²) in [6.07, 6.45) is 1.59. The zero-order valence-electron chi connectivity index (χ0n) is 18.4. The molecule has 5 N–H and O–H groups in total. The van der Waals surface area contributed by atoms with Gasteiger partial charge in [-0.15, -0.1) is 0 Å². The molecule has 0 unspecified atom stereocenters. The lowest BCUT2D eigenvalue weighted by Gasteiger charge is -2.31. The van der Waals surface area contributed by atoms with Crippen LogP contribution in [0.5, 0.6) is 0 Å². The minimum atomic E-state index is -0.997. The predicted octanol–water partition coefficient (Wildman–Crippen LogP) is 1.71. The predicted molar refractivity (Wildman–Crippen MR) is 128 cm³/mol. The van der Waals surface area contributed by atoms with Crippen LogP contribution in [0.15, 0.2) is 59.5 Å². The number of rotatable bonds is 6. The van der Waals surface area contributed by atoms with Crippen molar-refractivity contribution in [2.75, 3.05) is 31.2 Å². The summed E-state index contributed by atoms with van der Waals surface area (Å²) in [6, 6.07) is 13.7. The number of hydrogen-bond acceptors (Lipinski definition) is 7. The number of hydrogen-bond donors (Lipinski definition) is 3. The van der Waals surface area contributed by atoms with Gasteiger partial charge in [-0.1, -0.05) is 24.3 Å². The molecular formula is C24H27N5O4. The second-order valence-electron chi connectivity index (χ2n) is 7.99. The van der Waals surface area contributed by atoms with Gasteiger partial charge in [-0.05, 0) is 23.8 Å². The standard InChI is InChI=1S/C24H27N5O4/c1-27-22(28-8-10-33-11-9-28)13-21(30)19-7-3-6-18(23(19)27)20(25)15-29(26)14-16-4-2-5-17(12-16)24(31)32/h2-7,12-13,15H,8-11,14,25-26H2,1H3,(H,31,32)/b20-15-. The fourth-order valence-electron chi connectivity index (χ4n) is 4.15. The molecule has 1 aromatic heterocycles. The van der Waals surface area contributed by atoms with E-state index in [0.29, 0.717) is 42.9 Å². The number of aromatic carboxylic acids is 1. The summed E-state index contributed by atoms with van der Waals surface area (Å²) in [5.41, 5.74) is 9.10. The maximum atomic E-state index is 12.9. The topological polar surface area (TPSA) is 127 Å². The van der Waals surface area contributed by atoms with Gasteiger partial charge in [0, 0.05) is 43.4 Å². The highest BCUT2D eigenvalue weighted by Crippen LogP contribution is 2.25. The average molecular weight is 450 g/mol. The number of morpholine rings is 1. The van der Waals surface area contributed by atoms with Crippen LogP contribution in [0.2, 0.25) is 0 Å². The minimum absolute atomic E-state index is 0.0747. The van der Waals surface area contributed by atoms with Gasteiger partial charge in [0.25, 0.3) is 0 Å². The van der Waals surface area contributed by atoms with Gasteiger partial charge in [0.1, 0.15) is 5.82 Å². The van der Waals surface area contributed by atoms with E-state index in [0.717, 1.165) is 16.9 Å². The van der Waals surface area contributed by atoms with E-state index in [9.17, 15) is 14.7 Å². The number of ether oxygens (including phenoxy) is 1. The largest absolute Gasteiger partial charge is 0.478 e. The summed E-state index contributed by atoms with van der Waals surface area (Å²) in [4.78, 5) is 26.2. The van der Waals surface area contributed by atoms with Crippen molar-refractivity contribution in [2.24, 2.45) is 18.6 Å². The molecule has 0 saturated carbocycles. The molecule has 3 aromatic rings. The average Bonchev–Trinajstić information content (AvgIpc) is 2.81. The maximum Gasteiger partial charge on any atom is 0.335 e. The lowest BCUT2D eigenvalue weighted by molar-refractivity contribution is 0.0696. The van der Waals surface area contributed by atoms with E-state index >= 15 is 0 Å². The number of nitrogens with two attached hydrogens (primary N) is 2. The Morgan fingerprint density at radius 3 is 2.64 bits per heavy atom. The summed E-state index contributed by atoms with van der Waals surface area (Å²) in [6.45, 7) is 2.91. The first-order valence-corrected chi connectivity index (χ1v) is 10.6. The van der Waals surface area contributed by atoms with Crippen LogP contribution in [-0.4, -0.2) is 47.0 Å². The Morgan fingerprint density at radius 2 is 1.91 bits per heavy atom. The maximum absolute atomic E-state index is 12.9. The van der Waals surface area contributed by atoms with Gasteiger partial charge in [0.05, 0.1) is 36.5 Å². The molecule has 172 valence electrons. The second kappa shape index (κ2) is 9.35. The van der Waals surface area contributed by atoms with E-state index in [1.807, 2.05) is 17.7 Å². The Bertz CT molecular complexity index is 1280. The highest BCUT2D eigenvalue weighted by Gasteiger charge is 2.18. The molecule has 4 rings (SSSR count). The molecule has 1 saturated heterocycles. The minimum Gasteiger partial charge on any atom is -0.478 e. The van der Waals surface area contributed by atoms with Crippen molar-refractivity contribution in [3.05, 3.63) is 81.6 Å². The SMILES string of the molecule is Cn1c(N2CCOCC2)cc(=O)c2cccc(/C(N)=C/N(N)Cc3cccc(C(=O)O)c3)c21. The third-order valence-corrected chi connectivity index (χ3v) is 5.73. The molecule has 2 heterocycles. The van der Waals surface area contributed by atoms with Crippen LogP contribution >= 0.6 is 0 Å². The first-order chi connectivity index (χ1) is 15.8. The van der Waals surface area contributed by atoms with E-state index in [2.05, 4.69) is 4.90 Å². The number of carboxylic acids is 1. The number of aromatic nitrogens is 1. The van der Waals surface area contributed by atoms with E-state index in [1.54, 1.807) is 42.6 Å². The van der Waals surface area contributed by atoms with Gasteiger partial charge < -0.3 is 30.1 Å². The first kappa shape index (κ1) is 22.4. The van der Waals surface area contributed by atoms with Gasteiger partial charge in [0.2, 0.25) is 0 Å². The number of fused-ring (bicyclic) bond motifs is 1. The summed E-state index contributed by atoms with van der Waals surface area (Å²) < 4.78 is 7.43. The number of carbonyl (C=O) groups is 1. The monoisotopic (exact) mass is 449 g/mol. The lowest BCUT2D eigenvalue weighted by atomic mass is 10.1. The van der Waals surface area contributed by atoms with Crippen LogP contribution in [0.4, 0.5) is 5.82 Å².